The number of nitrogens with one attached hydrogen (secondary N) is 1. The summed E-state index contributed by atoms with van der Waals surface area (Å²) < 4.78 is 18.6. The molecule has 2 aliphatic rings. The maximum atomic E-state index is 13.6. The van der Waals surface area contributed by atoms with Gasteiger partial charge in [-0.25, -0.2) is 9.18 Å². The molecule has 0 spiro atoms. The van der Waals surface area contributed by atoms with Crippen LogP contribution in [0.4, 0.5) is 20.6 Å². The van der Waals surface area contributed by atoms with E-state index in [-0.39, 0.29) is 17.8 Å². The largest absolute Gasteiger partial charge is 0.494 e. The Balaban J connectivity index is 1.85. The highest BCUT2D eigenvalue weighted by atomic mass is 19.1. The quantitative estimate of drug-likeness (QED) is 0.780. The van der Waals surface area contributed by atoms with Gasteiger partial charge in [0, 0.05) is 38.3 Å². The molecule has 2 amide bonds. The van der Waals surface area contributed by atoms with E-state index in [2.05, 4.69) is 10.2 Å². The number of nitrogen functional groups attached to an aromatic ring is 1. The van der Waals surface area contributed by atoms with Crippen LogP contribution in [-0.4, -0.2) is 50.3 Å². The van der Waals surface area contributed by atoms with Crippen molar-refractivity contribution in [2.75, 3.05) is 43.9 Å². The Kier molecular flexibility index (Phi) is 3.04. The number of anilines is 2. The van der Waals surface area contributed by atoms with E-state index >= 15 is 0 Å². The van der Waals surface area contributed by atoms with Gasteiger partial charge in [-0.3, -0.25) is 0 Å². The first-order valence-electron chi connectivity index (χ1n) is 6.52. The molecule has 108 valence electrons. The highest BCUT2D eigenvalue weighted by Crippen LogP contribution is 2.32. The summed E-state index contributed by atoms with van der Waals surface area (Å²) in [6.07, 6.45) is 0. The number of fused-ring (bicyclic) bond motifs is 1. The zero-order valence-electron chi connectivity index (χ0n) is 11.2. The van der Waals surface area contributed by atoms with Crippen LogP contribution in [0.25, 0.3) is 0 Å². The summed E-state index contributed by atoms with van der Waals surface area (Å²) >= 11 is 0. The number of rotatable bonds is 2. The number of urea groups is 1. The molecular weight excluding hydrogens is 263 g/mol. The van der Waals surface area contributed by atoms with Gasteiger partial charge in [-0.15, -0.1) is 0 Å². The fraction of sp³-hybridized carbons (Fsp3) is 0.462. The number of nitrogens with zero attached hydrogens (tertiary/aromatic N) is 2. The summed E-state index contributed by atoms with van der Waals surface area (Å²) in [6.45, 7) is 2.61. The van der Waals surface area contributed by atoms with Crippen molar-refractivity contribution in [2.24, 2.45) is 0 Å². The molecule has 2 saturated heterocycles. The minimum absolute atomic E-state index is 0.0145. The molecule has 20 heavy (non-hydrogen) atoms. The van der Waals surface area contributed by atoms with Crippen molar-refractivity contribution in [2.45, 2.75) is 6.04 Å². The SMILES string of the molecule is COc1cc(N2CCN3C(=O)NCC3C2)c(N)cc1F. The summed E-state index contributed by atoms with van der Waals surface area (Å²) in [5.74, 6) is -0.289. The Morgan fingerprint density at radius 2 is 2.25 bits per heavy atom. The van der Waals surface area contributed by atoms with E-state index in [1.807, 2.05) is 4.90 Å². The topological polar surface area (TPSA) is 70.8 Å². The lowest BCUT2D eigenvalue weighted by atomic mass is 10.1. The number of benzene rings is 1. The molecule has 1 unspecified atom stereocenters. The van der Waals surface area contributed by atoms with Crippen LogP contribution in [0.5, 0.6) is 5.75 Å². The molecular formula is C13H17FN4O2. The molecule has 2 fully saturated rings. The van der Waals surface area contributed by atoms with Crippen LogP contribution in [-0.2, 0) is 0 Å². The Labute approximate surface area is 116 Å². The summed E-state index contributed by atoms with van der Waals surface area (Å²) in [4.78, 5) is 15.5. The molecule has 0 aliphatic carbocycles. The van der Waals surface area contributed by atoms with Crippen LogP contribution in [0.2, 0.25) is 0 Å². The molecule has 3 rings (SSSR count). The van der Waals surface area contributed by atoms with Crippen LogP contribution >= 0.6 is 0 Å². The average molecular weight is 280 g/mol. The zero-order chi connectivity index (χ0) is 14.3. The van der Waals surface area contributed by atoms with Gasteiger partial charge in [0.1, 0.15) is 0 Å². The highest BCUT2D eigenvalue weighted by molar-refractivity contribution is 5.78. The molecule has 1 aromatic rings. The minimum atomic E-state index is -0.468. The second-order valence-electron chi connectivity index (χ2n) is 5.02. The molecule has 0 saturated carbocycles. The third kappa shape index (κ3) is 1.99. The van der Waals surface area contributed by atoms with Gasteiger partial charge in [0.15, 0.2) is 11.6 Å². The van der Waals surface area contributed by atoms with E-state index in [1.165, 1.54) is 13.2 Å². The first kappa shape index (κ1) is 12.8. The molecule has 7 heteroatoms. The van der Waals surface area contributed by atoms with Crippen molar-refractivity contribution in [1.82, 2.24) is 10.2 Å². The van der Waals surface area contributed by atoms with Gasteiger partial charge in [0.25, 0.3) is 0 Å². The van der Waals surface area contributed by atoms with Gasteiger partial charge >= 0.3 is 6.03 Å². The summed E-state index contributed by atoms with van der Waals surface area (Å²) in [7, 11) is 1.43. The van der Waals surface area contributed by atoms with Crippen LogP contribution in [0.3, 0.4) is 0 Å². The molecule has 1 atom stereocenters. The maximum absolute atomic E-state index is 13.6. The van der Waals surface area contributed by atoms with Crippen LogP contribution in [0, 0.1) is 5.82 Å². The first-order chi connectivity index (χ1) is 9.60. The van der Waals surface area contributed by atoms with Gasteiger partial charge in [-0.2, -0.15) is 0 Å². The van der Waals surface area contributed by atoms with E-state index in [1.54, 1.807) is 6.07 Å². The van der Waals surface area contributed by atoms with E-state index in [0.717, 1.165) is 5.69 Å². The molecule has 0 bridgehead atoms. The number of amides is 2. The van der Waals surface area contributed by atoms with Gasteiger partial charge in [0.05, 0.1) is 24.5 Å². The number of piperazine rings is 1. The standard InChI is InChI=1S/C13H17FN4O2/c1-20-12-5-11(10(15)4-9(12)14)17-2-3-18-8(7-17)6-16-13(18)19/h4-5,8H,2-3,6-7,15H2,1H3,(H,16,19). The molecule has 0 radical (unpaired) electrons. The first-order valence-corrected chi connectivity index (χ1v) is 6.52. The third-order valence-corrected chi connectivity index (χ3v) is 3.87. The van der Waals surface area contributed by atoms with Gasteiger partial charge in [-0.1, -0.05) is 0 Å². The second-order valence-corrected chi connectivity index (χ2v) is 5.02. The lowest BCUT2D eigenvalue weighted by molar-refractivity contribution is 0.197. The monoisotopic (exact) mass is 280 g/mol. The normalized spacial score (nSPS) is 21.7. The average Bonchev–Trinajstić information content (AvgIpc) is 2.80. The molecule has 1 aromatic carbocycles. The number of nitrogens with two attached hydrogens (primary N) is 1. The van der Waals surface area contributed by atoms with Crippen molar-refractivity contribution in [3.8, 4) is 5.75 Å². The number of hydrogen-bond donors (Lipinski definition) is 2. The smallest absolute Gasteiger partial charge is 0.317 e. The predicted octanol–water partition coefficient (Wildman–Crippen LogP) is 0.630. The Morgan fingerprint density at radius 1 is 1.45 bits per heavy atom. The van der Waals surface area contributed by atoms with Crippen molar-refractivity contribution in [1.29, 1.82) is 0 Å². The van der Waals surface area contributed by atoms with E-state index in [9.17, 15) is 9.18 Å². The van der Waals surface area contributed by atoms with Gasteiger partial charge < -0.3 is 25.6 Å². The van der Waals surface area contributed by atoms with Crippen molar-refractivity contribution in [3.05, 3.63) is 17.9 Å². The number of hydrogen-bond acceptors (Lipinski definition) is 4. The number of methoxy groups -OCH3 is 1. The Bertz CT molecular complexity index is 551. The predicted molar refractivity (Wildman–Crippen MR) is 73.5 cm³/mol. The minimum Gasteiger partial charge on any atom is -0.494 e. The van der Waals surface area contributed by atoms with E-state index < -0.39 is 5.82 Å². The fourth-order valence-electron chi connectivity index (χ4n) is 2.81. The second kappa shape index (κ2) is 4.73. The molecule has 3 N–H and O–H groups in total. The number of halogens is 1. The Hall–Kier alpha value is -2.18. The third-order valence-electron chi connectivity index (χ3n) is 3.87. The van der Waals surface area contributed by atoms with Crippen molar-refractivity contribution >= 4 is 17.4 Å². The number of carbonyl (C=O) groups excluding carboxylic acids is 1. The molecule has 2 aliphatic heterocycles. The fourth-order valence-corrected chi connectivity index (χ4v) is 2.81. The van der Waals surface area contributed by atoms with E-state index in [4.69, 9.17) is 10.5 Å². The number of carbonyl (C=O) groups is 1. The number of ether oxygens (including phenoxy) is 1. The van der Waals surface area contributed by atoms with E-state index in [0.29, 0.717) is 31.9 Å². The lowest BCUT2D eigenvalue weighted by Crippen LogP contribution is -2.52. The zero-order valence-corrected chi connectivity index (χ0v) is 11.2. The Morgan fingerprint density at radius 3 is 3.00 bits per heavy atom. The summed E-state index contributed by atoms with van der Waals surface area (Å²) in [6, 6.07) is 3.01. The summed E-state index contributed by atoms with van der Waals surface area (Å²) in [5, 5.41) is 2.82. The van der Waals surface area contributed by atoms with Crippen LogP contribution in [0.1, 0.15) is 0 Å². The van der Waals surface area contributed by atoms with Gasteiger partial charge in [0.2, 0.25) is 0 Å². The van der Waals surface area contributed by atoms with Gasteiger partial charge in [-0.05, 0) is 0 Å². The summed E-state index contributed by atoms with van der Waals surface area (Å²) in [5.41, 5.74) is 7.04. The molecule has 0 aromatic heterocycles. The van der Waals surface area contributed by atoms with Crippen LogP contribution in [0.15, 0.2) is 12.1 Å². The molecule has 2 heterocycles. The van der Waals surface area contributed by atoms with Crippen molar-refractivity contribution < 1.29 is 13.9 Å². The van der Waals surface area contributed by atoms with Crippen molar-refractivity contribution in [3.63, 3.8) is 0 Å². The molecule has 6 nitrogen and oxygen atoms in total. The highest BCUT2D eigenvalue weighted by Gasteiger charge is 2.36. The van der Waals surface area contributed by atoms with Crippen LogP contribution < -0.4 is 20.7 Å². The lowest BCUT2D eigenvalue weighted by Gasteiger charge is -2.38. The maximum Gasteiger partial charge on any atom is 0.317 e.